The standard InChI is InChI=1S/C21H24Cl2N2O5S/c1-15-7-8-16(14-19(15)31(27,28)25-9-12-29-13-10-25)24-20(26)6-3-11-30-18-5-2-4-17(22)21(18)23/h2,4-5,7-8,14H,3,6,9-13H2,1H3,(H,24,26). The first-order chi connectivity index (χ1) is 14.8. The number of rotatable bonds is 8. The minimum absolute atomic E-state index is 0.186. The molecular formula is C21H24Cl2N2O5S. The molecule has 31 heavy (non-hydrogen) atoms. The van der Waals surface area contributed by atoms with Gasteiger partial charge in [0, 0.05) is 25.2 Å². The van der Waals surface area contributed by atoms with Gasteiger partial charge in [0.25, 0.3) is 0 Å². The number of carbonyl (C=O) groups is 1. The smallest absolute Gasteiger partial charge is 0.243 e. The average Bonchev–Trinajstić information content (AvgIpc) is 2.76. The molecule has 1 aliphatic heterocycles. The molecule has 0 bridgehead atoms. The van der Waals surface area contributed by atoms with Gasteiger partial charge in [-0.05, 0) is 43.2 Å². The topological polar surface area (TPSA) is 84.9 Å². The number of hydrogen-bond acceptors (Lipinski definition) is 5. The highest BCUT2D eigenvalue weighted by molar-refractivity contribution is 7.89. The van der Waals surface area contributed by atoms with E-state index in [-0.39, 0.29) is 23.8 Å². The number of nitrogens with one attached hydrogen (secondary N) is 1. The second-order valence-corrected chi connectivity index (χ2v) is 9.74. The lowest BCUT2D eigenvalue weighted by atomic mass is 10.2. The molecule has 1 N–H and O–H groups in total. The lowest BCUT2D eigenvalue weighted by Crippen LogP contribution is -2.40. The minimum atomic E-state index is -3.65. The third kappa shape index (κ3) is 6.11. The quantitative estimate of drug-likeness (QED) is 0.567. The van der Waals surface area contributed by atoms with Crippen LogP contribution in [0.1, 0.15) is 18.4 Å². The molecule has 0 atom stereocenters. The molecular weight excluding hydrogens is 463 g/mol. The lowest BCUT2D eigenvalue weighted by molar-refractivity contribution is -0.116. The maximum absolute atomic E-state index is 13.0. The van der Waals surface area contributed by atoms with Gasteiger partial charge in [0.1, 0.15) is 10.8 Å². The number of morpholine rings is 1. The Bertz CT molecular complexity index is 1040. The van der Waals surface area contributed by atoms with E-state index in [0.29, 0.717) is 59.8 Å². The summed E-state index contributed by atoms with van der Waals surface area (Å²) in [7, 11) is -3.65. The maximum atomic E-state index is 13.0. The number of halogens is 2. The molecule has 10 heteroatoms. The van der Waals surface area contributed by atoms with Gasteiger partial charge in [-0.2, -0.15) is 4.31 Å². The van der Waals surface area contributed by atoms with Crippen molar-refractivity contribution in [2.75, 3.05) is 38.2 Å². The van der Waals surface area contributed by atoms with Crippen molar-refractivity contribution in [1.82, 2.24) is 4.31 Å². The van der Waals surface area contributed by atoms with Gasteiger partial charge in [-0.15, -0.1) is 0 Å². The Balaban J connectivity index is 1.56. The van der Waals surface area contributed by atoms with E-state index >= 15 is 0 Å². The Hall–Kier alpha value is -1.84. The summed E-state index contributed by atoms with van der Waals surface area (Å²) >= 11 is 12.0. The Labute approximate surface area is 192 Å². The molecule has 0 unspecified atom stereocenters. The number of anilines is 1. The maximum Gasteiger partial charge on any atom is 0.243 e. The van der Waals surface area contributed by atoms with E-state index < -0.39 is 10.0 Å². The number of hydrogen-bond donors (Lipinski definition) is 1. The van der Waals surface area contributed by atoms with Crippen LogP contribution in [0, 0.1) is 6.92 Å². The van der Waals surface area contributed by atoms with Crippen molar-refractivity contribution < 1.29 is 22.7 Å². The highest BCUT2D eigenvalue weighted by Crippen LogP contribution is 2.31. The third-order valence-electron chi connectivity index (χ3n) is 4.78. The van der Waals surface area contributed by atoms with Gasteiger partial charge < -0.3 is 14.8 Å². The van der Waals surface area contributed by atoms with Gasteiger partial charge in [-0.25, -0.2) is 8.42 Å². The monoisotopic (exact) mass is 486 g/mol. The van der Waals surface area contributed by atoms with E-state index in [9.17, 15) is 13.2 Å². The van der Waals surface area contributed by atoms with Gasteiger partial charge in [0.2, 0.25) is 15.9 Å². The van der Waals surface area contributed by atoms with Crippen LogP contribution in [0.15, 0.2) is 41.3 Å². The fraction of sp³-hybridized carbons (Fsp3) is 0.381. The van der Waals surface area contributed by atoms with E-state index in [1.54, 1.807) is 37.3 Å². The molecule has 1 amide bonds. The third-order valence-corrected chi connectivity index (χ3v) is 7.62. The fourth-order valence-corrected chi connectivity index (χ4v) is 5.12. The van der Waals surface area contributed by atoms with Gasteiger partial charge in [0.05, 0.1) is 29.7 Å². The molecule has 1 aliphatic rings. The first kappa shape index (κ1) is 23.8. The summed E-state index contributed by atoms with van der Waals surface area (Å²) in [6.07, 6.45) is 0.664. The highest BCUT2D eigenvalue weighted by Gasteiger charge is 2.28. The van der Waals surface area contributed by atoms with Crippen LogP contribution in [-0.2, 0) is 19.6 Å². The molecule has 0 aromatic heterocycles. The van der Waals surface area contributed by atoms with Crippen molar-refractivity contribution in [3.05, 3.63) is 52.0 Å². The van der Waals surface area contributed by atoms with Crippen LogP contribution in [0.25, 0.3) is 0 Å². The highest BCUT2D eigenvalue weighted by atomic mass is 35.5. The van der Waals surface area contributed by atoms with Gasteiger partial charge in [0.15, 0.2) is 0 Å². The van der Waals surface area contributed by atoms with Crippen molar-refractivity contribution in [2.45, 2.75) is 24.7 Å². The molecule has 0 aliphatic carbocycles. The van der Waals surface area contributed by atoms with E-state index in [2.05, 4.69) is 5.32 Å². The van der Waals surface area contributed by atoms with Crippen LogP contribution >= 0.6 is 23.2 Å². The number of benzene rings is 2. The second kappa shape index (κ2) is 10.7. The summed E-state index contributed by atoms with van der Waals surface area (Å²) < 4.78 is 38.1. The number of nitrogens with zero attached hydrogens (tertiary/aromatic N) is 1. The molecule has 3 rings (SSSR count). The van der Waals surface area contributed by atoms with Crippen LogP contribution < -0.4 is 10.1 Å². The summed E-state index contributed by atoms with van der Waals surface area (Å²) in [6, 6.07) is 9.98. The molecule has 2 aromatic rings. The first-order valence-corrected chi connectivity index (χ1v) is 12.0. The fourth-order valence-electron chi connectivity index (χ4n) is 3.12. The largest absolute Gasteiger partial charge is 0.492 e. The summed E-state index contributed by atoms with van der Waals surface area (Å²) in [5.74, 6) is 0.227. The summed E-state index contributed by atoms with van der Waals surface area (Å²) in [5.41, 5.74) is 1.05. The van der Waals surface area contributed by atoms with Crippen molar-refractivity contribution in [2.24, 2.45) is 0 Å². The summed E-state index contributed by atoms with van der Waals surface area (Å²) in [4.78, 5) is 12.5. The number of carbonyl (C=O) groups excluding carboxylic acids is 1. The van der Waals surface area contributed by atoms with Crippen molar-refractivity contribution >= 4 is 44.8 Å². The normalized spacial score (nSPS) is 14.9. The molecule has 1 saturated heterocycles. The number of aryl methyl sites for hydroxylation is 1. The van der Waals surface area contributed by atoms with Gasteiger partial charge in [-0.3, -0.25) is 4.79 Å². The second-order valence-electron chi connectivity index (χ2n) is 7.05. The Morgan fingerprint density at radius 2 is 1.94 bits per heavy atom. The lowest BCUT2D eigenvalue weighted by Gasteiger charge is -2.26. The first-order valence-electron chi connectivity index (χ1n) is 9.84. The zero-order chi connectivity index (χ0) is 22.4. The molecule has 1 heterocycles. The zero-order valence-corrected chi connectivity index (χ0v) is 19.4. The van der Waals surface area contributed by atoms with Crippen LogP contribution in [0.2, 0.25) is 10.0 Å². The van der Waals surface area contributed by atoms with E-state index in [1.165, 1.54) is 10.4 Å². The molecule has 7 nitrogen and oxygen atoms in total. The van der Waals surface area contributed by atoms with Crippen molar-refractivity contribution in [1.29, 1.82) is 0 Å². The van der Waals surface area contributed by atoms with Crippen LogP contribution in [0.4, 0.5) is 5.69 Å². The number of sulfonamides is 1. The molecule has 0 radical (unpaired) electrons. The van der Waals surface area contributed by atoms with E-state index in [4.69, 9.17) is 32.7 Å². The number of ether oxygens (including phenoxy) is 2. The Morgan fingerprint density at radius 1 is 1.19 bits per heavy atom. The predicted molar refractivity (Wildman–Crippen MR) is 121 cm³/mol. The van der Waals surface area contributed by atoms with E-state index in [0.717, 1.165) is 0 Å². The Kier molecular flexibility index (Phi) is 8.18. The van der Waals surface area contributed by atoms with E-state index in [1.807, 2.05) is 0 Å². The molecule has 0 saturated carbocycles. The van der Waals surface area contributed by atoms with Crippen molar-refractivity contribution in [3.8, 4) is 5.75 Å². The minimum Gasteiger partial charge on any atom is -0.492 e. The number of amides is 1. The van der Waals surface area contributed by atoms with Crippen LogP contribution in [0.3, 0.4) is 0 Å². The molecule has 2 aromatic carbocycles. The van der Waals surface area contributed by atoms with Crippen LogP contribution in [0.5, 0.6) is 5.75 Å². The summed E-state index contributed by atoms with van der Waals surface area (Å²) in [6.45, 7) is 3.40. The predicted octanol–water partition coefficient (Wildman–Crippen LogP) is 4.12. The van der Waals surface area contributed by atoms with Gasteiger partial charge >= 0.3 is 0 Å². The van der Waals surface area contributed by atoms with Crippen LogP contribution in [-0.4, -0.2) is 51.5 Å². The van der Waals surface area contributed by atoms with Crippen molar-refractivity contribution in [3.63, 3.8) is 0 Å². The molecule has 0 spiro atoms. The Morgan fingerprint density at radius 3 is 2.68 bits per heavy atom. The summed E-state index contributed by atoms with van der Waals surface area (Å²) in [5, 5.41) is 3.49. The SMILES string of the molecule is Cc1ccc(NC(=O)CCCOc2cccc(Cl)c2Cl)cc1S(=O)(=O)N1CCOCC1. The average molecular weight is 487 g/mol. The molecule has 1 fully saturated rings. The van der Waals surface area contributed by atoms with Gasteiger partial charge in [-0.1, -0.05) is 35.3 Å². The zero-order valence-electron chi connectivity index (χ0n) is 17.1. The molecule has 168 valence electrons.